The molecule has 0 fully saturated rings. The third-order valence-electron chi connectivity index (χ3n) is 5.62. The van der Waals surface area contributed by atoms with Crippen molar-refractivity contribution < 1.29 is 9.53 Å². The van der Waals surface area contributed by atoms with E-state index in [1.54, 1.807) is 0 Å². The van der Waals surface area contributed by atoms with Crippen molar-refractivity contribution >= 4 is 51.6 Å². The summed E-state index contributed by atoms with van der Waals surface area (Å²) in [6, 6.07) is 16.0. The van der Waals surface area contributed by atoms with Gasteiger partial charge >= 0.3 is 0 Å². The summed E-state index contributed by atoms with van der Waals surface area (Å²) in [7, 11) is 1.99. The van der Waals surface area contributed by atoms with Crippen LogP contribution in [0.25, 0.3) is 0 Å². The standard InChI is InChI=1S/C26H28IN7O2/c1-34-10-8-24(35)29-9-3-11-36-23-7-6-18(14-27)13-22(23)32-26-30-16-20(15-28)25(33-26)31-21-5-2-4-19(12-21)17-34/h2,4-7,12-13,16H,3,8-11,14,17H2,1H3,(H,29,35)(H2,30,31,32,33). The van der Waals surface area contributed by atoms with Crippen LogP contribution in [-0.4, -0.2) is 47.5 Å². The molecule has 1 aliphatic heterocycles. The lowest BCUT2D eigenvalue weighted by Crippen LogP contribution is -2.29. The molecule has 186 valence electrons. The number of nitrogens with one attached hydrogen (secondary N) is 3. The van der Waals surface area contributed by atoms with E-state index in [-0.39, 0.29) is 5.91 Å². The minimum absolute atomic E-state index is 0.0279. The van der Waals surface area contributed by atoms with Crippen molar-refractivity contribution in [1.82, 2.24) is 20.2 Å². The molecule has 0 radical (unpaired) electrons. The average molecular weight is 597 g/mol. The topological polar surface area (TPSA) is 115 Å². The first-order valence-electron chi connectivity index (χ1n) is 11.7. The van der Waals surface area contributed by atoms with E-state index >= 15 is 0 Å². The second kappa shape index (κ2) is 12.5. The van der Waals surface area contributed by atoms with Gasteiger partial charge < -0.3 is 25.6 Å². The van der Waals surface area contributed by atoms with Crippen molar-refractivity contribution in [2.24, 2.45) is 0 Å². The highest BCUT2D eigenvalue weighted by molar-refractivity contribution is 14.1. The van der Waals surface area contributed by atoms with Crippen molar-refractivity contribution in [2.75, 3.05) is 37.4 Å². The number of carbonyl (C=O) groups excluding carboxylic acids is 1. The van der Waals surface area contributed by atoms with Gasteiger partial charge in [0.15, 0.2) is 5.82 Å². The number of nitriles is 1. The highest BCUT2D eigenvalue weighted by atomic mass is 127. The molecule has 0 unspecified atom stereocenters. The third kappa shape index (κ3) is 7.05. The SMILES string of the molecule is CN1CCC(=O)NCCCOc2ccc(CI)cc2Nc2ncc(C#N)c(n2)Nc2cccc(c2)C1. The molecule has 3 N–H and O–H groups in total. The van der Waals surface area contributed by atoms with Gasteiger partial charge in [-0.15, -0.1) is 0 Å². The Labute approximate surface area is 224 Å². The normalized spacial score (nSPS) is 15.2. The number of hydrogen-bond donors (Lipinski definition) is 3. The number of rotatable bonds is 1. The van der Waals surface area contributed by atoms with E-state index < -0.39 is 0 Å². The molecule has 1 aliphatic rings. The Morgan fingerprint density at radius 3 is 2.94 bits per heavy atom. The Hall–Kier alpha value is -3.43. The Morgan fingerprint density at radius 2 is 2.11 bits per heavy atom. The number of halogens is 1. The number of alkyl halides is 1. The fraction of sp³-hybridized carbons (Fsp3) is 0.308. The van der Waals surface area contributed by atoms with Gasteiger partial charge in [-0.2, -0.15) is 10.2 Å². The van der Waals surface area contributed by atoms with Crippen LogP contribution in [0.1, 0.15) is 29.5 Å². The summed E-state index contributed by atoms with van der Waals surface area (Å²) < 4.78 is 6.86. The maximum atomic E-state index is 12.3. The number of amides is 1. The molecule has 4 bridgehead atoms. The molecule has 10 heteroatoms. The number of ether oxygens (including phenoxy) is 1. The number of aromatic nitrogens is 2. The first-order chi connectivity index (χ1) is 17.5. The summed E-state index contributed by atoms with van der Waals surface area (Å²) in [6.45, 7) is 2.33. The highest BCUT2D eigenvalue weighted by Crippen LogP contribution is 2.30. The first kappa shape index (κ1) is 25.7. The van der Waals surface area contributed by atoms with Gasteiger partial charge in [0.2, 0.25) is 11.9 Å². The predicted octanol–water partition coefficient (Wildman–Crippen LogP) is 4.49. The number of hydrogen-bond acceptors (Lipinski definition) is 8. The van der Waals surface area contributed by atoms with E-state index in [1.807, 2.05) is 49.5 Å². The van der Waals surface area contributed by atoms with E-state index in [2.05, 4.69) is 59.5 Å². The lowest BCUT2D eigenvalue weighted by atomic mass is 10.2. The number of fused-ring (bicyclic) bond motifs is 5. The lowest BCUT2D eigenvalue weighted by Gasteiger charge is -2.18. The molecule has 0 spiro atoms. The van der Waals surface area contributed by atoms with Crippen molar-refractivity contribution in [3.63, 3.8) is 0 Å². The summed E-state index contributed by atoms with van der Waals surface area (Å²) in [4.78, 5) is 23.3. The first-order valence-corrected chi connectivity index (χ1v) is 13.2. The lowest BCUT2D eigenvalue weighted by molar-refractivity contribution is -0.121. The van der Waals surface area contributed by atoms with Gasteiger partial charge in [-0.25, -0.2) is 4.98 Å². The van der Waals surface area contributed by atoms with Crippen molar-refractivity contribution in [2.45, 2.75) is 23.8 Å². The van der Waals surface area contributed by atoms with Crippen LogP contribution >= 0.6 is 22.6 Å². The summed E-state index contributed by atoms with van der Waals surface area (Å²) in [5.41, 5.74) is 4.10. The molecular formula is C26H28IN7O2. The van der Waals surface area contributed by atoms with E-state index in [0.29, 0.717) is 62.2 Å². The van der Waals surface area contributed by atoms with Gasteiger partial charge in [-0.1, -0.05) is 40.8 Å². The molecule has 3 aromatic rings. The molecule has 1 aromatic heterocycles. The fourth-order valence-corrected chi connectivity index (χ4v) is 4.24. The Kier molecular flexibility index (Phi) is 8.91. The van der Waals surface area contributed by atoms with Gasteiger partial charge in [0, 0.05) is 36.2 Å². The van der Waals surface area contributed by atoms with Crippen LogP contribution in [0.3, 0.4) is 0 Å². The van der Waals surface area contributed by atoms with Crippen LogP contribution in [-0.2, 0) is 15.8 Å². The van der Waals surface area contributed by atoms with Crippen molar-refractivity contribution in [1.29, 1.82) is 5.26 Å². The second-order valence-electron chi connectivity index (χ2n) is 8.52. The van der Waals surface area contributed by atoms with Crippen molar-refractivity contribution in [3.8, 4) is 11.8 Å². The van der Waals surface area contributed by atoms with Crippen LogP contribution in [0.15, 0.2) is 48.7 Å². The molecule has 0 aliphatic carbocycles. The molecule has 2 aromatic carbocycles. The molecule has 0 saturated carbocycles. The fourth-order valence-electron chi connectivity index (χ4n) is 3.76. The zero-order valence-corrected chi connectivity index (χ0v) is 22.2. The molecule has 0 atom stereocenters. The van der Waals surface area contributed by atoms with Gasteiger partial charge in [-0.05, 0) is 48.9 Å². The maximum Gasteiger partial charge on any atom is 0.229 e. The minimum Gasteiger partial charge on any atom is -0.491 e. The summed E-state index contributed by atoms with van der Waals surface area (Å²) in [5, 5.41) is 19.1. The molecule has 9 nitrogen and oxygen atoms in total. The average Bonchev–Trinajstić information content (AvgIpc) is 2.88. The van der Waals surface area contributed by atoms with E-state index in [9.17, 15) is 10.1 Å². The molecule has 36 heavy (non-hydrogen) atoms. The predicted molar refractivity (Wildman–Crippen MR) is 148 cm³/mol. The number of carbonyl (C=O) groups is 1. The van der Waals surface area contributed by atoms with E-state index in [1.165, 1.54) is 6.20 Å². The number of benzene rings is 2. The number of nitrogens with zero attached hydrogens (tertiary/aromatic N) is 4. The second-order valence-corrected chi connectivity index (χ2v) is 9.28. The zero-order chi connectivity index (χ0) is 25.3. The summed E-state index contributed by atoms with van der Waals surface area (Å²) in [5.74, 6) is 1.46. The zero-order valence-electron chi connectivity index (χ0n) is 20.1. The largest absolute Gasteiger partial charge is 0.491 e. The molecule has 0 saturated heterocycles. The van der Waals surface area contributed by atoms with E-state index in [0.717, 1.165) is 26.9 Å². The maximum absolute atomic E-state index is 12.3. The molecule has 4 rings (SSSR count). The van der Waals surface area contributed by atoms with Crippen LogP contribution in [0.2, 0.25) is 0 Å². The van der Waals surface area contributed by atoms with Gasteiger partial charge in [-0.3, -0.25) is 4.79 Å². The number of anilines is 4. The molecule has 1 amide bonds. The van der Waals surface area contributed by atoms with Crippen LogP contribution in [0, 0.1) is 11.3 Å². The van der Waals surface area contributed by atoms with E-state index in [4.69, 9.17) is 4.74 Å². The monoisotopic (exact) mass is 597 g/mol. The van der Waals surface area contributed by atoms with Gasteiger partial charge in [0.05, 0.1) is 18.5 Å². The third-order valence-corrected chi connectivity index (χ3v) is 6.50. The molecular weight excluding hydrogens is 569 g/mol. The molecule has 2 heterocycles. The van der Waals surface area contributed by atoms with Crippen molar-refractivity contribution in [3.05, 3.63) is 65.4 Å². The van der Waals surface area contributed by atoms with Gasteiger partial charge in [0.1, 0.15) is 17.4 Å². The summed E-state index contributed by atoms with van der Waals surface area (Å²) >= 11 is 2.31. The smallest absolute Gasteiger partial charge is 0.229 e. The minimum atomic E-state index is 0.0279. The van der Waals surface area contributed by atoms with Gasteiger partial charge in [0.25, 0.3) is 0 Å². The van der Waals surface area contributed by atoms with Crippen LogP contribution < -0.4 is 20.7 Å². The Bertz CT molecular complexity index is 1260. The Balaban J connectivity index is 1.67. The quantitative estimate of drug-likeness (QED) is 0.278. The summed E-state index contributed by atoms with van der Waals surface area (Å²) in [6.07, 6.45) is 2.62. The van der Waals surface area contributed by atoms with Crippen LogP contribution in [0.4, 0.5) is 23.1 Å². The Morgan fingerprint density at radius 1 is 1.22 bits per heavy atom. The van der Waals surface area contributed by atoms with Crippen LogP contribution in [0.5, 0.6) is 5.75 Å². The highest BCUT2D eigenvalue weighted by Gasteiger charge is 2.13.